The second-order valence-corrected chi connectivity index (χ2v) is 4.86. The Hall–Kier alpha value is -1.46. The molecule has 0 aliphatic rings. The highest BCUT2D eigenvalue weighted by molar-refractivity contribution is 5.76. The highest BCUT2D eigenvalue weighted by Crippen LogP contribution is 2.17. The summed E-state index contributed by atoms with van der Waals surface area (Å²) in [5.41, 5.74) is 0.871. The molecule has 1 aromatic carbocycles. The second-order valence-electron chi connectivity index (χ2n) is 4.86. The van der Waals surface area contributed by atoms with Crippen LogP contribution in [0.1, 0.15) is 25.3 Å². The summed E-state index contributed by atoms with van der Waals surface area (Å²) < 4.78 is 29.3. The molecule has 0 spiro atoms. The molecule has 4 nitrogen and oxygen atoms in total. The molecule has 0 aromatic heterocycles. The van der Waals surface area contributed by atoms with Gasteiger partial charge in [0.25, 0.3) is 0 Å². The van der Waals surface area contributed by atoms with E-state index < -0.39 is 0 Å². The third-order valence-corrected chi connectivity index (χ3v) is 2.66. The van der Waals surface area contributed by atoms with E-state index in [4.69, 9.17) is 14.2 Å². The molecule has 1 rings (SSSR count). The van der Waals surface area contributed by atoms with Crippen LogP contribution in [0, 0.1) is 12.7 Å². The Bertz CT molecular complexity index is 434. The van der Waals surface area contributed by atoms with Crippen molar-refractivity contribution in [3.63, 3.8) is 0 Å². The zero-order valence-corrected chi connectivity index (χ0v) is 12.7. The van der Waals surface area contributed by atoms with E-state index in [0.29, 0.717) is 32.8 Å². The van der Waals surface area contributed by atoms with Crippen LogP contribution in [0.5, 0.6) is 5.75 Å². The van der Waals surface area contributed by atoms with Crippen molar-refractivity contribution in [3.8, 4) is 5.75 Å². The summed E-state index contributed by atoms with van der Waals surface area (Å²) in [7, 11) is 0. The van der Waals surface area contributed by atoms with E-state index in [2.05, 4.69) is 0 Å². The van der Waals surface area contributed by atoms with Crippen molar-refractivity contribution in [2.24, 2.45) is 0 Å². The molecule has 1 aromatic rings. The van der Waals surface area contributed by atoms with Crippen molar-refractivity contribution in [2.45, 2.75) is 26.7 Å². The summed E-state index contributed by atoms with van der Waals surface area (Å²) >= 11 is 0. The van der Waals surface area contributed by atoms with Crippen LogP contribution in [0.4, 0.5) is 4.39 Å². The number of benzene rings is 1. The van der Waals surface area contributed by atoms with Crippen molar-refractivity contribution in [1.29, 1.82) is 0 Å². The molecule has 0 unspecified atom stereocenters. The van der Waals surface area contributed by atoms with Gasteiger partial charge in [-0.2, -0.15) is 0 Å². The van der Waals surface area contributed by atoms with Gasteiger partial charge in [0.1, 0.15) is 6.61 Å². The first-order valence-electron chi connectivity index (χ1n) is 7.13. The molecule has 0 atom stereocenters. The fourth-order valence-corrected chi connectivity index (χ4v) is 1.65. The van der Waals surface area contributed by atoms with E-state index in [1.807, 2.05) is 13.0 Å². The first kappa shape index (κ1) is 17.6. The summed E-state index contributed by atoms with van der Waals surface area (Å²) in [5, 5.41) is 0. The van der Waals surface area contributed by atoms with Crippen LogP contribution in [-0.4, -0.2) is 38.8 Å². The van der Waals surface area contributed by atoms with E-state index in [0.717, 1.165) is 12.0 Å². The lowest BCUT2D eigenvalue weighted by atomic mass is 10.2. The monoisotopic (exact) mass is 298 g/mol. The van der Waals surface area contributed by atoms with Crippen LogP contribution in [0.3, 0.4) is 0 Å². The lowest BCUT2D eigenvalue weighted by Crippen LogP contribution is -2.08. The van der Waals surface area contributed by atoms with Gasteiger partial charge < -0.3 is 14.2 Å². The Kier molecular flexibility index (Phi) is 8.62. The van der Waals surface area contributed by atoms with Crippen LogP contribution in [-0.2, 0) is 14.3 Å². The van der Waals surface area contributed by atoms with E-state index in [9.17, 15) is 9.18 Å². The molecule has 0 bridgehead atoms. The Morgan fingerprint density at radius 1 is 1.10 bits per heavy atom. The standard InChI is InChI=1S/C16H23FO4/c1-13-5-6-16(15(17)11-13)21-10-4-8-19-7-3-9-20-12-14(2)18/h5-6,11H,3-4,7-10,12H2,1-2H3. The van der Waals surface area contributed by atoms with Crippen molar-refractivity contribution >= 4 is 5.78 Å². The number of ether oxygens (including phenoxy) is 3. The Morgan fingerprint density at radius 2 is 1.76 bits per heavy atom. The molecule has 0 aliphatic heterocycles. The van der Waals surface area contributed by atoms with Crippen LogP contribution in [0.25, 0.3) is 0 Å². The van der Waals surface area contributed by atoms with E-state index in [1.54, 1.807) is 6.07 Å². The minimum Gasteiger partial charge on any atom is -0.490 e. The van der Waals surface area contributed by atoms with Gasteiger partial charge in [0.15, 0.2) is 17.3 Å². The highest BCUT2D eigenvalue weighted by atomic mass is 19.1. The number of aryl methyl sites for hydroxylation is 1. The third-order valence-electron chi connectivity index (χ3n) is 2.66. The normalized spacial score (nSPS) is 10.6. The third kappa shape index (κ3) is 8.42. The fourth-order valence-electron chi connectivity index (χ4n) is 1.65. The van der Waals surface area contributed by atoms with Crippen LogP contribution < -0.4 is 4.74 Å². The molecule has 0 saturated carbocycles. The molecule has 0 fully saturated rings. The zero-order chi connectivity index (χ0) is 15.5. The summed E-state index contributed by atoms with van der Waals surface area (Å²) in [6, 6.07) is 4.90. The van der Waals surface area contributed by atoms with Crippen molar-refractivity contribution < 1.29 is 23.4 Å². The smallest absolute Gasteiger partial charge is 0.165 e. The predicted molar refractivity (Wildman–Crippen MR) is 78.2 cm³/mol. The van der Waals surface area contributed by atoms with Crippen LogP contribution >= 0.6 is 0 Å². The maximum Gasteiger partial charge on any atom is 0.165 e. The zero-order valence-electron chi connectivity index (χ0n) is 12.7. The molecule has 0 aliphatic carbocycles. The SMILES string of the molecule is CC(=O)COCCCOCCCOc1ccc(C)cc1F. The molecule has 0 radical (unpaired) electrons. The van der Waals surface area contributed by atoms with Crippen LogP contribution in [0.2, 0.25) is 0 Å². The Labute approximate surface area is 125 Å². The number of hydrogen-bond acceptors (Lipinski definition) is 4. The highest BCUT2D eigenvalue weighted by Gasteiger charge is 2.02. The minimum atomic E-state index is -0.335. The largest absolute Gasteiger partial charge is 0.490 e. The van der Waals surface area contributed by atoms with Gasteiger partial charge in [0.05, 0.1) is 6.61 Å². The summed E-state index contributed by atoms with van der Waals surface area (Å²) in [4.78, 5) is 10.6. The molecule has 0 saturated heterocycles. The first-order chi connectivity index (χ1) is 10.1. The molecule has 0 amide bonds. The Morgan fingerprint density at radius 3 is 2.43 bits per heavy atom. The van der Waals surface area contributed by atoms with Gasteiger partial charge in [-0.25, -0.2) is 4.39 Å². The topological polar surface area (TPSA) is 44.8 Å². The van der Waals surface area contributed by atoms with E-state index in [-0.39, 0.29) is 24.0 Å². The van der Waals surface area contributed by atoms with Gasteiger partial charge >= 0.3 is 0 Å². The van der Waals surface area contributed by atoms with E-state index in [1.165, 1.54) is 13.0 Å². The van der Waals surface area contributed by atoms with Crippen molar-refractivity contribution in [3.05, 3.63) is 29.6 Å². The fraction of sp³-hybridized carbons (Fsp3) is 0.562. The lowest BCUT2D eigenvalue weighted by molar-refractivity contribution is -0.121. The maximum atomic E-state index is 13.5. The van der Waals surface area contributed by atoms with Gasteiger partial charge in [0, 0.05) is 26.2 Å². The number of carbonyl (C=O) groups excluding carboxylic acids is 1. The van der Waals surface area contributed by atoms with E-state index >= 15 is 0 Å². The average molecular weight is 298 g/mol. The van der Waals surface area contributed by atoms with Crippen molar-refractivity contribution in [2.75, 3.05) is 33.0 Å². The number of carbonyl (C=O) groups is 1. The maximum absolute atomic E-state index is 13.5. The summed E-state index contributed by atoms with van der Waals surface area (Å²) in [5.74, 6) is -0.0341. The first-order valence-corrected chi connectivity index (χ1v) is 7.13. The molecular formula is C16H23FO4. The molecule has 5 heteroatoms. The molecule has 0 N–H and O–H groups in total. The van der Waals surface area contributed by atoms with Gasteiger partial charge in [-0.15, -0.1) is 0 Å². The molecule has 118 valence electrons. The lowest BCUT2D eigenvalue weighted by Gasteiger charge is -2.08. The molecule has 21 heavy (non-hydrogen) atoms. The molecule has 0 heterocycles. The van der Waals surface area contributed by atoms with Crippen LogP contribution in [0.15, 0.2) is 18.2 Å². The number of Topliss-reactive ketones (excluding diaryl/α,β-unsaturated/α-hetero) is 1. The second kappa shape index (κ2) is 10.3. The van der Waals surface area contributed by atoms with Gasteiger partial charge in [-0.05, 0) is 38.0 Å². The average Bonchev–Trinajstić information content (AvgIpc) is 2.42. The van der Waals surface area contributed by atoms with Gasteiger partial charge in [0.2, 0.25) is 0 Å². The summed E-state index contributed by atoms with van der Waals surface area (Å²) in [6.07, 6.45) is 1.45. The quantitative estimate of drug-likeness (QED) is 0.589. The number of ketones is 1. The van der Waals surface area contributed by atoms with Gasteiger partial charge in [-0.1, -0.05) is 6.07 Å². The number of hydrogen-bond donors (Lipinski definition) is 0. The Balaban J connectivity index is 1.96. The van der Waals surface area contributed by atoms with Crippen molar-refractivity contribution in [1.82, 2.24) is 0 Å². The molecular weight excluding hydrogens is 275 g/mol. The predicted octanol–water partition coefficient (Wildman–Crippen LogP) is 2.92. The number of rotatable bonds is 11. The minimum absolute atomic E-state index is 0.0244. The van der Waals surface area contributed by atoms with Gasteiger partial charge in [-0.3, -0.25) is 4.79 Å². The number of halogens is 1. The summed E-state index contributed by atoms with van der Waals surface area (Å²) in [6.45, 7) is 5.56.